The minimum atomic E-state index is -4.32. The van der Waals surface area contributed by atoms with E-state index in [0.717, 1.165) is 30.6 Å². The van der Waals surface area contributed by atoms with Gasteiger partial charge in [0, 0.05) is 21.9 Å². The zero-order valence-corrected chi connectivity index (χ0v) is 40.8. The average Bonchev–Trinajstić information content (AvgIpc) is 3.13. The van der Waals surface area contributed by atoms with Gasteiger partial charge in [-0.15, -0.1) is 6.42 Å². The van der Waals surface area contributed by atoms with Gasteiger partial charge in [0.15, 0.2) is 0 Å². The lowest BCUT2D eigenvalue weighted by molar-refractivity contribution is -0.0336. The first-order valence-electron chi connectivity index (χ1n) is 21.0. The van der Waals surface area contributed by atoms with Crippen LogP contribution in [0.15, 0.2) is 91.0 Å². The van der Waals surface area contributed by atoms with E-state index in [9.17, 15) is 13.2 Å². The molecule has 0 spiro atoms. The van der Waals surface area contributed by atoms with Crippen molar-refractivity contribution in [3.05, 3.63) is 113 Å². The molecule has 0 aliphatic heterocycles. The molecule has 0 amide bonds. The third kappa shape index (κ3) is 12.7. The number of alkyl halides is 4. The third-order valence-corrected chi connectivity index (χ3v) is 16.2. The van der Waals surface area contributed by atoms with Crippen molar-refractivity contribution in [2.24, 2.45) is 21.7 Å². The topological polar surface area (TPSA) is 21.3 Å². The summed E-state index contributed by atoms with van der Waals surface area (Å²) < 4.78 is 46.5. The maximum Gasteiger partial charge on any atom is 0.456 e. The lowest BCUT2D eigenvalue weighted by Gasteiger charge is -2.55. The smallest absolute Gasteiger partial charge is 0.456 e. The van der Waals surface area contributed by atoms with E-state index in [-0.39, 0.29) is 67.3 Å². The predicted octanol–water partition coefficient (Wildman–Crippen LogP) is 15.1. The second-order valence-corrected chi connectivity index (χ2v) is 24.2. The van der Waals surface area contributed by atoms with Gasteiger partial charge in [0.1, 0.15) is 20.2 Å². The van der Waals surface area contributed by atoms with Crippen LogP contribution in [0.25, 0.3) is 10.8 Å². The van der Waals surface area contributed by atoms with Crippen LogP contribution >= 0.6 is 34.5 Å². The SMILES string of the molecule is BC(C)(C(CC(C)(C)C(C)(I)C(CC(C)(C)C)c1ccc(CNSC(F)(F)F)cc1)c1ccc2ccccc2c1)C(C)(C)CC(c1ccc(OCC#C)cc1)C(C)(C)C. The number of halogens is 4. The lowest BCUT2D eigenvalue weighted by Crippen LogP contribution is -2.46. The number of rotatable bonds is 17. The Morgan fingerprint density at radius 1 is 0.678 bits per heavy atom. The van der Waals surface area contributed by atoms with Gasteiger partial charge >= 0.3 is 5.51 Å². The van der Waals surface area contributed by atoms with Crippen LogP contribution in [0.4, 0.5) is 13.2 Å². The van der Waals surface area contributed by atoms with E-state index >= 15 is 0 Å². The highest BCUT2D eigenvalue weighted by Crippen LogP contribution is 2.64. The molecule has 1 N–H and O–H groups in total. The molecule has 4 rings (SSSR count). The summed E-state index contributed by atoms with van der Waals surface area (Å²) in [7, 11) is 2.50. The first kappa shape index (κ1) is 49.1. The molecule has 0 bridgehead atoms. The molecule has 59 heavy (non-hydrogen) atoms. The summed E-state index contributed by atoms with van der Waals surface area (Å²) >= 11 is 2.57. The Kier molecular flexibility index (Phi) is 15.6. The zero-order chi connectivity index (χ0) is 44.2. The number of hydrogen-bond acceptors (Lipinski definition) is 3. The van der Waals surface area contributed by atoms with Crippen LogP contribution in [0.1, 0.15) is 142 Å². The molecule has 5 atom stereocenters. The van der Waals surface area contributed by atoms with Gasteiger partial charge in [-0.05, 0) is 116 Å². The third-order valence-electron chi connectivity index (χ3n) is 13.5. The first-order valence-corrected chi connectivity index (χ1v) is 22.9. The Bertz CT molecular complexity index is 2020. The molecule has 0 aliphatic rings. The molecule has 0 radical (unpaired) electrons. The van der Waals surface area contributed by atoms with Crippen LogP contribution in [-0.4, -0.2) is 23.4 Å². The molecule has 4 aromatic rings. The van der Waals surface area contributed by atoms with E-state index in [0.29, 0.717) is 5.92 Å². The van der Waals surface area contributed by atoms with Crippen LogP contribution in [0, 0.1) is 34.0 Å². The largest absolute Gasteiger partial charge is 0.481 e. The van der Waals surface area contributed by atoms with E-state index in [2.05, 4.69) is 203 Å². The Morgan fingerprint density at radius 3 is 1.75 bits per heavy atom. The average molecular weight is 938 g/mol. The normalized spacial score (nSPS) is 16.7. The molecule has 0 heterocycles. The molecule has 4 aromatic carbocycles. The van der Waals surface area contributed by atoms with Crippen molar-refractivity contribution in [1.29, 1.82) is 0 Å². The van der Waals surface area contributed by atoms with Crippen molar-refractivity contribution in [3.63, 3.8) is 0 Å². The quantitative estimate of drug-likeness (QED) is 0.0375. The fraction of sp³-hybridized carbons (Fsp3) is 0.529. The summed E-state index contributed by atoms with van der Waals surface area (Å²) in [6.45, 7) is 29.2. The summed E-state index contributed by atoms with van der Waals surface area (Å²) in [4.78, 5) is 0. The van der Waals surface area contributed by atoms with Gasteiger partial charge in [-0.3, -0.25) is 4.72 Å². The van der Waals surface area contributed by atoms with Crippen LogP contribution in [0.3, 0.4) is 0 Å². The maximum absolute atomic E-state index is 12.8. The van der Waals surface area contributed by atoms with Gasteiger partial charge in [-0.2, -0.15) is 13.2 Å². The highest BCUT2D eigenvalue weighted by Gasteiger charge is 2.52. The summed E-state index contributed by atoms with van der Waals surface area (Å²) in [5.74, 6) is 4.05. The Morgan fingerprint density at radius 2 is 1.20 bits per heavy atom. The minimum Gasteiger partial charge on any atom is -0.481 e. The van der Waals surface area contributed by atoms with Crippen molar-refractivity contribution >= 4 is 53.2 Å². The molecule has 0 saturated heterocycles. The van der Waals surface area contributed by atoms with Crippen molar-refractivity contribution < 1.29 is 17.9 Å². The maximum atomic E-state index is 12.8. The van der Waals surface area contributed by atoms with Gasteiger partial charge in [0.25, 0.3) is 0 Å². The molecule has 2 nitrogen and oxygen atoms in total. The second kappa shape index (κ2) is 18.8. The van der Waals surface area contributed by atoms with E-state index in [1.54, 1.807) is 0 Å². The summed E-state index contributed by atoms with van der Waals surface area (Å²) in [5, 5.41) is 2.35. The molecule has 5 unspecified atom stereocenters. The van der Waals surface area contributed by atoms with E-state index in [4.69, 9.17) is 11.2 Å². The lowest BCUT2D eigenvalue weighted by atomic mass is 9.43. The summed E-state index contributed by atoms with van der Waals surface area (Å²) in [6, 6.07) is 32.6. The molecule has 0 aromatic heterocycles. The fourth-order valence-electron chi connectivity index (χ4n) is 8.79. The number of terminal acetylenes is 1. The number of benzene rings is 4. The molecular weight excluding hydrogens is 869 g/mol. The van der Waals surface area contributed by atoms with E-state index in [1.165, 1.54) is 27.5 Å². The first-order chi connectivity index (χ1) is 27.1. The monoisotopic (exact) mass is 937 g/mol. The zero-order valence-electron chi connectivity index (χ0n) is 37.8. The van der Waals surface area contributed by atoms with Gasteiger partial charge in [0.2, 0.25) is 0 Å². The summed E-state index contributed by atoms with van der Waals surface area (Å²) in [5.41, 5.74) is 0.206. The number of fused-ring (bicyclic) bond motifs is 1. The van der Waals surface area contributed by atoms with E-state index < -0.39 is 5.51 Å². The Hall–Kier alpha value is -2.61. The van der Waals surface area contributed by atoms with E-state index in [1.807, 2.05) is 12.1 Å². The van der Waals surface area contributed by atoms with Crippen molar-refractivity contribution in [2.75, 3.05) is 6.61 Å². The Balaban J connectivity index is 1.78. The highest BCUT2D eigenvalue weighted by atomic mass is 127. The van der Waals surface area contributed by atoms with Gasteiger partial charge < -0.3 is 4.74 Å². The molecular formula is C51H68BF3INOS. The summed E-state index contributed by atoms with van der Waals surface area (Å²) in [6.07, 6.45) is 8.39. The highest BCUT2D eigenvalue weighted by molar-refractivity contribution is 14.1. The molecule has 0 saturated carbocycles. The predicted molar refractivity (Wildman–Crippen MR) is 260 cm³/mol. The van der Waals surface area contributed by atoms with Crippen LogP contribution in [0.2, 0.25) is 5.31 Å². The minimum absolute atomic E-state index is 0.00991. The van der Waals surface area contributed by atoms with Crippen LogP contribution < -0.4 is 9.46 Å². The van der Waals surface area contributed by atoms with Gasteiger partial charge in [-0.1, -0.05) is 184 Å². The van der Waals surface area contributed by atoms with Crippen LogP contribution in [-0.2, 0) is 6.54 Å². The molecule has 0 aliphatic carbocycles. The van der Waals surface area contributed by atoms with Gasteiger partial charge in [0.05, 0.1) is 0 Å². The standard InChI is InChI=1S/C51H68BF3INOS/c1-14-29-58-41-27-25-37(26-28-41)42(46(5,6)7)32-47(8,9)49(12,52)43(40-24-23-36-17-15-16-18-39(36)30-40)33-48(10,11)50(13,56)44(31-45(2,3)4)38-21-19-35(20-22-38)34-57-59-51(53,54)55/h1,15-28,30,42-44,57H,29,31-34,52H2,2-13H3. The van der Waals surface area contributed by atoms with Crippen molar-refractivity contribution in [2.45, 2.75) is 141 Å². The van der Waals surface area contributed by atoms with Crippen LogP contribution in [0.5, 0.6) is 5.75 Å². The number of ether oxygens (including phenoxy) is 1. The second-order valence-electron chi connectivity index (χ2n) is 21.0. The number of hydrogen-bond donors (Lipinski definition) is 1. The van der Waals surface area contributed by atoms with Gasteiger partial charge in [-0.25, -0.2) is 0 Å². The Labute approximate surface area is 374 Å². The molecule has 0 fully saturated rings. The number of nitrogens with one attached hydrogen (secondary N) is 1. The van der Waals surface area contributed by atoms with Crippen molar-refractivity contribution in [3.8, 4) is 18.1 Å². The molecule has 8 heteroatoms. The van der Waals surface area contributed by atoms with Crippen molar-refractivity contribution in [1.82, 2.24) is 4.72 Å². The molecule has 320 valence electrons. The fourth-order valence-corrected chi connectivity index (χ4v) is 9.99.